The van der Waals surface area contributed by atoms with E-state index in [9.17, 15) is 13.2 Å². The van der Waals surface area contributed by atoms with Crippen LogP contribution in [-0.2, 0) is 0 Å². The molecule has 0 unspecified atom stereocenters. The lowest BCUT2D eigenvalue weighted by Gasteiger charge is -2.16. The number of nitrogens with one attached hydrogen (secondary N) is 1. The zero-order valence-corrected chi connectivity index (χ0v) is 16.9. The molecule has 4 rings (SSSR count). The average Bonchev–Trinajstić information content (AvgIpc) is 3.18. The molecule has 0 aliphatic rings. The van der Waals surface area contributed by atoms with E-state index in [1.54, 1.807) is 6.07 Å². The zero-order valence-electron chi connectivity index (χ0n) is 16.9. The number of hydrogen-bond donors (Lipinski definition) is 2. The van der Waals surface area contributed by atoms with Crippen molar-refractivity contribution in [2.24, 2.45) is 0 Å². The fourth-order valence-corrected chi connectivity index (χ4v) is 3.63. The van der Waals surface area contributed by atoms with Crippen molar-refractivity contribution in [3.05, 3.63) is 60.3 Å². The van der Waals surface area contributed by atoms with Gasteiger partial charge in [-0.2, -0.15) is 13.2 Å². The minimum absolute atomic E-state index is 0.0217. The Morgan fingerprint density at radius 1 is 1.06 bits per heavy atom. The van der Waals surface area contributed by atoms with E-state index in [1.165, 1.54) is 6.07 Å². The molecule has 0 aliphatic carbocycles. The maximum atomic E-state index is 12.8. The molecule has 0 aliphatic heterocycles. The lowest BCUT2D eigenvalue weighted by atomic mass is 10.1. The number of anilines is 1. The molecule has 2 aromatic heterocycles. The molecule has 0 radical (unpaired) electrons. The largest absolute Gasteiger partial charge is 0.482 e. The highest BCUT2D eigenvalue weighted by Crippen LogP contribution is 2.36. The SMILES string of the molecule is Cc1ccccc1-n1ccc2c(NCCCO)nc3c(OCC(F)(F)F)cccc3c21. The lowest BCUT2D eigenvalue weighted by Crippen LogP contribution is -2.19. The summed E-state index contributed by atoms with van der Waals surface area (Å²) in [7, 11) is 0. The van der Waals surface area contributed by atoms with Gasteiger partial charge in [-0.1, -0.05) is 30.3 Å². The van der Waals surface area contributed by atoms with Crippen molar-refractivity contribution >= 4 is 27.6 Å². The Labute approximate surface area is 177 Å². The van der Waals surface area contributed by atoms with Gasteiger partial charge in [0.15, 0.2) is 6.61 Å². The molecule has 0 fully saturated rings. The van der Waals surface area contributed by atoms with Crippen LogP contribution in [0.25, 0.3) is 27.5 Å². The number of fused-ring (bicyclic) bond motifs is 3. The number of ether oxygens (including phenoxy) is 1. The standard InChI is InChI=1S/C23H22F3N3O2/c1-15-6-2-3-8-18(15)29-12-10-17-21(29)16-7-4-9-19(31-14-23(24,25)26)20(16)28-22(17)27-11-5-13-30/h2-4,6-10,12,30H,5,11,13-14H2,1H3,(H,27,28). The smallest absolute Gasteiger partial charge is 0.422 e. The molecule has 0 spiro atoms. The topological polar surface area (TPSA) is 59.3 Å². The van der Waals surface area contributed by atoms with Crippen molar-refractivity contribution in [1.29, 1.82) is 0 Å². The Morgan fingerprint density at radius 2 is 1.87 bits per heavy atom. The van der Waals surface area contributed by atoms with Gasteiger partial charge in [0.05, 0.1) is 5.52 Å². The van der Waals surface area contributed by atoms with Crippen molar-refractivity contribution in [2.75, 3.05) is 25.1 Å². The lowest BCUT2D eigenvalue weighted by molar-refractivity contribution is -0.153. The summed E-state index contributed by atoms with van der Waals surface area (Å²) in [6.07, 6.45) is -2.00. The van der Waals surface area contributed by atoms with Gasteiger partial charge in [0.25, 0.3) is 0 Å². The second kappa shape index (κ2) is 8.47. The van der Waals surface area contributed by atoms with Crippen molar-refractivity contribution in [3.63, 3.8) is 0 Å². The summed E-state index contributed by atoms with van der Waals surface area (Å²) in [6, 6.07) is 14.8. The number of aliphatic hydroxyl groups excluding tert-OH is 1. The number of aryl methyl sites for hydroxylation is 1. The van der Waals surface area contributed by atoms with Crippen LogP contribution in [0.4, 0.5) is 19.0 Å². The van der Waals surface area contributed by atoms with Crippen LogP contribution in [0.2, 0.25) is 0 Å². The van der Waals surface area contributed by atoms with Crippen molar-refractivity contribution in [2.45, 2.75) is 19.5 Å². The first-order valence-corrected chi connectivity index (χ1v) is 9.93. The highest BCUT2D eigenvalue weighted by molar-refractivity contribution is 6.10. The van der Waals surface area contributed by atoms with Gasteiger partial charge in [-0.25, -0.2) is 4.98 Å². The predicted molar refractivity (Wildman–Crippen MR) is 115 cm³/mol. The number of nitrogens with zero attached hydrogens (tertiary/aromatic N) is 2. The van der Waals surface area contributed by atoms with Gasteiger partial charge >= 0.3 is 6.18 Å². The molecule has 5 nitrogen and oxygen atoms in total. The summed E-state index contributed by atoms with van der Waals surface area (Å²) in [6.45, 7) is 1.11. The molecule has 0 atom stereocenters. The molecular formula is C23H22F3N3O2. The summed E-state index contributed by atoms with van der Waals surface area (Å²) in [5.41, 5.74) is 3.19. The second-order valence-electron chi connectivity index (χ2n) is 7.26. The minimum atomic E-state index is -4.45. The van der Waals surface area contributed by atoms with Gasteiger partial charge in [-0.05, 0) is 37.1 Å². The highest BCUT2D eigenvalue weighted by atomic mass is 19.4. The number of halogens is 3. The minimum Gasteiger partial charge on any atom is -0.482 e. The average molecular weight is 429 g/mol. The van der Waals surface area contributed by atoms with Gasteiger partial charge < -0.3 is 19.7 Å². The number of benzene rings is 2. The first kappa shape index (κ1) is 21.0. The van der Waals surface area contributed by atoms with E-state index in [2.05, 4.69) is 10.3 Å². The second-order valence-corrected chi connectivity index (χ2v) is 7.26. The summed E-state index contributed by atoms with van der Waals surface area (Å²) in [4.78, 5) is 4.61. The molecule has 31 heavy (non-hydrogen) atoms. The Kier molecular flexibility index (Phi) is 5.73. The monoisotopic (exact) mass is 429 g/mol. The molecule has 0 amide bonds. The zero-order chi connectivity index (χ0) is 22.0. The van der Waals surface area contributed by atoms with E-state index >= 15 is 0 Å². The normalized spacial score (nSPS) is 11.9. The summed E-state index contributed by atoms with van der Waals surface area (Å²) in [5.74, 6) is 0.603. The van der Waals surface area contributed by atoms with Crippen LogP contribution < -0.4 is 10.1 Å². The van der Waals surface area contributed by atoms with E-state index < -0.39 is 12.8 Å². The Morgan fingerprint density at radius 3 is 2.61 bits per heavy atom. The Hall–Kier alpha value is -3.26. The fourth-order valence-electron chi connectivity index (χ4n) is 3.63. The van der Waals surface area contributed by atoms with E-state index in [0.717, 1.165) is 22.2 Å². The third-order valence-corrected chi connectivity index (χ3v) is 5.01. The highest BCUT2D eigenvalue weighted by Gasteiger charge is 2.29. The van der Waals surface area contributed by atoms with Crippen LogP contribution in [0.3, 0.4) is 0 Å². The van der Waals surface area contributed by atoms with Crippen LogP contribution in [0.1, 0.15) is 12.0 Å². The fraction of sp³-hybridized carbons (Fsp3) is 0.261. The third kappa shape index (κ3) is 4.29. The summed E-state index contributed by atoms with van der Waals surface area (Å²) >= 11 is 0. The molecule has 2 aromatic carbocycles. The van der Waals surface area contributed by atoms with Crippen molar-refractivity contribution in [1.82, 2.24) is 9.55 Å². The molecule has 0 bridgehead atoms. The Balaban J connectivity index is 1.95. The molecule has 2 N–H and O–H groups in total. The van der Waals surface area contributed by atoms with Crippen molar-refractivity contribution in [3.8, 4) is 11.4 Å². The summed E-state index contributed by atoms with van der Waals surface area (Å²) in [5, 5.41) is 13.8. The van der Waals surface area contributed by atoms with E-state index in [0.29, 0.717) is 29.7 Å². The van der Waals surface area contributed by atoms with Crippen molar-refractivity contribution < 1.29 is 23.0 Å². The van der Waals surface area contributed by atoms with Gasteiger partial charge in [-0.3, -0.25) is 0 Å². The van der Waals surface area contributed by atoms with Crippen LogP contribution in [0.15, 0.2) is 54.7 Å². The maximum absolute atomic E-state index is 12.8. The maximum Gasteiger partial charge on any atom is 0.422 e. The third-order valence-electron chi connectivity index (χ3n) is 5.01. The molecular weight excluding hydrogens is 407 g/mol. The molecule has 2 heterocycles. The van der Waals surface area contributed by atoms with Crippen LogP contribution in [-0.4, -0.2) is 40.6 Å². The van der Waals surface area contributed by atoms with Gasteiger partial charge in [0.1, 0.15) is 17.1 Å². The predicted octanol–water partition coefficient (Wildman–Crippen LogP) is 5.22. The first-order valence-electron chi connectivity index (χ1n) is 9.93. The number of aliphatic hydroxyl groups is 1. The van der Waals surface area contributed by atoms with Crippen LogP contribution in [0.5, 0.6) is 5.75 Å². The molecule has 0 saturated heterocycles. The van der Waals surface area contributed by atoms with Crippen LogP contribution in [0, 0.1) is 6.92 Å². The van der Waals surface area contributed by atoms with E-state index in [4.69, 9.17) is 9.84 Å². The number of hydrogen-bond acceptors (Lipinski definition) is 4. The van der Waals surface area contributed by atoms with Gasteiger partial charge in [0, 0.05) is 35.8 Å². The van der Waals surface area contributed by atoms with Crippen LogP contribution >= 0.6 is 0 Å². The summed E-state index contributed by atoms with van der Waals surface area (Å²) < 4.78 is 45.4. The molecule has 8 heteroatoms. The quantitative estimate of drug-likeness (QED) is 0.396. The molecule has 162 valence electrons. The first-order chi connectivity index (χ1) is 14.9. The molecule has 0 saturated carbocycles. The van der Waals surface area contributed by atoms with E-state index in [-0.39, 0.29) is 12.4 Å². The van der Waals surface area contributed by atoms with Gasteiger partial charge in [-0.15, -0.1) is 0 Å². The Bertz CT molecular complexity index is 1220. The van der Waals surface area contributed by atoms with E-state index in [1.807, 2.05) is 54.1 Å². The number of pyridine rings is 1. The number of para-hydroxylation sites is 2. The number of aromatic nitrogens is 2. The van der Waals surface area contributed by atoms with Gasteiger partial charge in [0.2, 0.25) is 0 Å². The molecule has 4 aromatic rings. The number of alkyl halides is 3. The number of rotatable bonds is 7.